The summed E-state index contributed by atoms with van der Waals surface area (Å²) in [5.41, 5.74) is 6.77. The minimum absolute atomic E-state index is 0.267. The lowest BCUT2D eigenvalue weighted by atomic mass is 10.1. The van der Waals surface area contributed by atoms with Gasteiger partial charge in [0.05, 0.1) is 31.8 Å². The minimum Gasteiger partial charge on any atom is -0.493 e. The van der Waals surface area contributed by atoms with E-state index in [1.807, 2.05) is 0 Å². The molecule has 0 aliphatic rings. The number of hydrogen-bond acceptors (Lipinski definition) is 6. The Labute approximate surface area is 140 Å². The summed E-state index contributed by atoms with van der Waals surface area (Å²) in [6, 6.07) is 3.37. The number of aromatic amines is 1. The normalized spacial score (nSPS) is 11.0. The van der Waals surface area contributed by atoms with Crippen LogP contribution in [0.25, 0.3) is 11.3 Å². The number of ether oxygens (including phenoxy) is 3. The van der Waals surface area contributed by atoms with Crippen LogP contribution in [0.5, 0.6) is 11.5 Å². The maximum Gasteiger partial charge on any atom is 0.412 e. The Hall–Kier alpha value is -2.90. The maximum absolute atomic E-state index is 12.1. The third-order valence-electron chi connectivity index (χ3n) is 3.04. The molecule has 0 unspecified atom stereocenters. The van der Waals surface area contributed by atoms with Gasteiger partial charge in [-0.25, -0.2) is 9.78 Å². The largest absolute Gasteiger partial charge is 0.493 e. The molecule has 0 spiro atoms. The minimum atomic E-state index is -0.612. The van der Waals surface area contributed by atoms with Crippen LogP contribution in [0, 0.1) is 0 Å². The monoisotopic (exact) mass is 334 g/mol. The van der Waals surface area contributed by atoms with Crippen LogP contribution in [0.1, 0.15) is 20.8 Å². The van der Waals surface area contributed by atoms with Gasteiger partial charge in [-0.3, -0.25) is 5.32 Å². The van der Waals surface area contributed by atoms with E-state index in [1.165, 1.54) is 14.2 Å². The number of amides is 1. The molecule has 2 aromatic rings. The van der Waals surface area contributed by atoms with Gasteiger partial charge in [0, 0.05) is 11.6 Å². The fraction of sp³-hybridized carbons (Fsp3) is 0.375. The van der Waals surface area contributed by atoms with E-state index in [4.69, 9.17) is 19.9 Å². The molecule has 130 valence electrons. The molecule has 2 rings (SSSR count). The number of anilines is 2. The molecule has 0 saturated carbocycles. The molecule has 0 fully saturated rings. The van der Waals surface area contributed by atoms with Crippen molar-refractivity contribution in [3.8, 4) is 22.8 Å². The number of nitrogen functional groups attached to an aromatic ring is 1. The molecule has 0 bridgehead atoms. The van der Waals surface area contributed by atoms with Crippen LogP contribution in [0.4, 0.5) is 16.4 Å². The number of nitrogens with two attached hydrogens (primary N) is 1. The number of carbonyl (C=O) groups is 1. The summed E-state index contributed by atoms with van der Waals surface area (Å²) >= 11 is 0. The maximum atomic E-state index is 12.1. The van der Waals surface area contributed by atoms with Gasteiger partial charge in [-0.1, -0.05) is 0 Å². The van der Waals surface area contributed by atoms with E-state index in [2.05, 4.69) is 15.3 Å². The van der Waals surface area contributed by atoms with Gasteiger partial charge in [-0.15, -0.1) is 0 Å². The van der Waals surface area contributed by atoms with Crippen molar-refractivity contribution in [1.29, 1.82) is 0 Å². The summed E-state index contributed by atoms with van der Waals surface area (Å²) in [4.78, 5) is 19.0. The summed E-state index contributed by atoms with van der Waals surface area (Å²) in [5.74, 6) is 1.25. The van der Waals surface area contributed by atoms with Crippen LogP contribution in [0.15, 0.2) is 18.3 Å². The molecule has 0 aliphatic carbocycles. The Morgan fingerprint density at radius 1 is 1.21 bits per heavy atom. The number of imidazole rings is 1. The first kappa shape index (κ1) is 17.5. The molecular formula is C16H22N4O4. The van der Waals surface area contributed by atoms with E-state index in [0.29, 0.717) is 28.4 Å². The number of H-pyrrole nitrogens is 1. The highest BCUT2D eigenvalue weighted by Crippen LogP contribution is 2.38. The van der Waals surface area contributed by atoms with Crippen molar-refractivity contribution in [3.63, 3.8) is 0 Å². The first-order valence-electron chi connectivity index (χ1n) is 7.30. The van der Waals surface area contributed by atoms with Crippen LogP contribution >= 0.6 is 0 Å². The fourth-order valence-corrected chi connectivity index (χ4v) is 2.09. The van der Waals surface area contributed by atoms with Gasteiger partial charge >= 0.3 is 6.09 Å². The molecule has 0 saturated heterocycles. The summed E-state index contributed by atoms with van der Waals surface area (Å²) in [6.07, 6.45) is 0.986. The Morgan fingerprint density at radius 3 is 2.33 bits per heavy atom. The average Bonchev–Trinajstić information content (AvgIpc) is 2.91. The summed E-state index contributed by atoms with van der Waals surface area (Å²) < 4.78 is 15.9. The summed E-state index contributed by atoms with van der Waals surface area (Å²) in [5, 5.41) is 2.72. The first-order valence-corrected chi connectivity index (χ1v) is 7.30. The predicted molar refractivity (Wildman–Crippen MR) is 91.4 cm³/mol. The topological polar surface area (TPSA) is 111 Å². The third-order valence-corrected chi connectivity index (χ3v) is 3.04. The number of hydrogen-bond donors (Lipinski definition) is 3. The van der Waals surface area contributed by atoms with Gasteiger partial charge in [-0.05, 0) is 26.8 Å². The highest BCUT2D eigenvalue weighted by Gasteiger charge is 2.20. The highest BCUT2D eigenvalue weighted by atomic mass is 16.6. The van der Waals surface area contributed by atoms with Crippen LogP contribution < -0.4 is 20.5 Å². The summed E-state index contributed by atoms with van der Waals surface area (Å²) in [7, 11) is 3.05. The Morgan fingerprint density at radius 2 is 1.83 bits per heavy atom. The second-order valence-corrected chi connectivity index (χ2v) is 6.06. The standard InChI is InChI=1S/C16H22N4O4/c1-16(2,3)24-15(21)20-10-7-13(23-5)12(22-4)6-9(10)11-8-18-14(17)19-11/h6-8H,1-5H3,(H,20,21)(H3,17,18,19). The third kappa shape index (κ3) is 4.09. The van der Waals surface area contributed by atoms with Crippen molar-refractivity contribution >= 4 is 17.7 Å². The van der Waals surface area contributed by atoms with E-state index >= 15 is 0 Å². The Kier molecular flexibility index (Phi) is 4.87. The smallest absolute Gasteiger partial charge is 0.412 e. The predicted octanol–water partition coefficient (Wildman–Crippen LogP) is 3.02. The average molecular weight is 334 g/mol. The molecule has 1 amide bonds. The van der Waals surface area contributed by atoms with Crippen LogP contribution in [-0.2, 0) is 4.74 Å². The van der Waals surface area contributed by atoms with Crippen LogP contribution in [-0.4, -0.2) is 35.9 Å². The number of benzene rings is 1. The van der Waals surface area contributed by atoms with Gasteiger partial charge in [0.25, 0.3) is 0 Å². The quantitative estimate of drug-likeness (QED) is 0.792. The molecule has 1 aromatic heterocycles. The fourth-order valence-electron chi connectivity index (χ4n) is 2.09. The van der Waals surface area contributed by atoms with Gasteiger partial charge in [0.2, 0.25) is 0 Å². The number of carbonyl (C=O) groups excluding carboxylic acids is 1. The number of nitrogens with zero attached hydrogens (tertiary/aromatic N) is 1. The molecule has 1 aromatic carbocycles. The van der Waals surface area contributed by atoms with Crippen molar-refractivity contribution < 1.29 is 19.0 Å². The number of nitrogens with one attached hydrogen (secondary N) is 2. The van der Waals surface area contributed by atoms with Crippen molar-refractivity contribution in [1.82, 2.24) is 9.97 Å². The molecule has 8 nitrogen and oxygen atoms in total. The van der Waals surface area contributed by atoms with Crippen molar-refractivity contribution in [2.45, 2.75) is 26.4 Å². The van der Waals surface area contributed by atoms with Crippen molar-refractivity contribution in [2.75, 3.05) is 25.3 Å². The SMILES string of the molecule is COc1cc(NC(=O)OC(C)(C)C)c(-c2cnc(N)[nH]2)cc1OC. The van der Waals surface area contributed by atoms with Crippen LogP contribution in [0.3, 0.4) is 0 Å². The van der Waals surface area contributed by atoms with E-state index in [0.717, 1.165) is 0 Å². The lowest BCUT2D eigenvalue weighted by Gasteiger charge is -2.21. The molecule has 4 N–H and O–H groups in total. The molecule has 0 atom stereocenters. The van der Waals surface area contributed by atoms with Crippen molar-refractivity contribution in [2.24, 2.45) is 0 Å². The lowest BCUT2D eigenvalue weighted by molar-refractivity contribution is 0.0636. The zero-order valence-electron chi connectivity index (χ0n) is 14.4. The lowest BCUT2D eigenvalue weighted by Crippen LogP contribution is -2.27. The number of aromatic nitrogens is 2. The molecule has 8 heteroatoms. The van der Waals surface area contributed by atoms with Crippen molar-refractivity contribution in [3.05, 3.63) is 18.3 Å². The molecule has 24 heavy (non-hydrogen) atoms. The highest BCUT2D eigenvalue weighted by molar-refractivity contribution is 5.92. The van der Waals surface area contributed by atoms with Gasteiger partial charge in [0.15, 0.2) is 17.4 Å². The molecule has 1 heterocycles. The second kappa shape index (κ2) is 6.69. The molecular weight excluding hydrogens is 312 g/mol. The van der Waals surface area contributed by atoms with Crippen LogP contribution in [0.2, 0.25) is 0 Å². The van der Waals surface area contributed by atoms with Gasteiger partial charge < -0.3 is 24.9 Å². The van der Waals surface area contributed by atoms with E-state index in [-0.39, 0.29) is 5.95 Å². The Balaban J connectivity index is 2.45. The number of methoxy groups -OCH3 is 2. The molecule has 0 aliphatic heterocycles. The Bertz CT molecular complexity index is 734. The van der Waals surface area contributed by atoms with E-state index < -0.39 is 11.7 Å². The molecule has 0 radical (unpaired) electrons. The number of rotatable bonds is 4. The van der Waals surface area contributed by atoms with E-state index in [1.54, 1.807) is 39.1 Å². The van der Waals surface area contributed by atoms with E-state index in [9.17, 15) is 4.79 Å². The first-order chi connectivity index (χ1) is 11.2. The van der Waals surface area contributed by atoms with Gasteiger partial charge in [-0.2, -0.15) is 0 Å². The van der Waals surface area contributed by atoms with Gasteiger partial charge in [0.1, 0.15) is 5.60 Å². The zero-order chi connectivity index (χ0) is 17.9. The second-order valence-electron chi connectivity index (χ2n) is 6.06. The summed E-state index contributed by atoms with van der Waals surface area (Å²) in [6.45, 7) is 5.37. The zero-order valence-corrected chi connectivity index (χ0v) is 14.4.